The van der Waals surface area contributed by atoms with E-state index in [0.717, 1.165) is 11.1 Å². The molecule has 6 heteroatoms. The van der Waals surface area contributed by atoms with Crippen molar-refractivity contribution in [1.29, 1.82) is 0 Å². The Balaban J connectivity index is 1.91. The Hall–Kier alpha value is -2.37. The molecule has 2 rings (SSSR count). The normalized spacial score (nSPS) is 10.4. The topological polar surface area (TPSA) is 64.6 Å². The van der Waals surface area contributed by atoms with Crippen LogP contribution in [-0.4, -0.2) is 25.1 Å². The molecule has 2 aromatic carbocycles. The number of esters is 1. The highest BCUT2D eigenvalue weighted by Gasteiger charge is 2.08. The number of carbonyl (C=O) groups excluding carboxylic acids is 2. The van der Waals surface area contributed by atoms with Gasteiger partial charge in [-0.3, -0.25) is 4.79 Å². The molecule has 0 atom stereocenters. The number of benzene rings is 2. The molecule has 1 N–H and O–H groups in total. The average molecular weight is 362 g/mol. The molecule has 25 heavy (non-hydrogen) atoms. The van der Waals surface area contributed by atoms with Crippen LogP contribution in [0.1, 0.15) is 28.4 Å². The van der Waals surface area contributed by atoms with Crippen LogP contribution >= 0.6 is 11.6 Å². The third-order valence-electron chi connectivity index (χ3n) is 3.46. The third kappa shape index (κ3) is 5.89. The fourth-order valence-electron chi connectivity index (χ4n) is 2.07. The van der Waals surface area contributed by atoms with Gasteiger partial charge in [-0.05, 0) is 55.3 Å². The van der Waals surface area contributed by atoms with E-state index in [2.05, 4.69) is 5.32 Å². The molecule has 0 fully saturated rings. The molecular weight excluding hydrogens is 342 g/mol. The predicted octanol–water partition coefficient (Wildman–Crippen LogP) is 3.98. The summed E-state index contributed by atoms with van der Waals surface area (Å²) in [4.78, 5) is 23.6. The summed E-state index contributed by atoms with van der Waals surface area (Å²) < 4.78 is 10.0. The lowest BCUT2D eigenvalue weighted by molar-refractivity contribution is -0.150. The number of halogens is 1. The number of hydrogen-bond acceptors (Lipinski definition) is 4. The summed E-state index contributed by atoms with van der Waals surface area (Å²) in [5, 5.41) is 3.47. The van der Waals surface area contributed by atoms with Crippen LogP contribution in [0.3, 0.4) is 0 Å². The van der Waals surface area contributed by atoms with Gasteiger partial charge in [-0.25, -0.2) is 4.79 Å². The van der Waals surface area contributed by atoms with E-state index >= 15 is 0 Å². The standard InChI is InChI=1S/C19H20ClNO4/c1-3-24-12-18(22)25-11-14-4-6-15(7-5-14)19(23)21-16-8-9-17(20)13(2)10-16/h4-10H,3,11-12H2,1-2H3,(H,21,23). The minimum Gasteiger partial charge on any atom is -0.459 e. The Morgan fingerprint density at radius 2 is 1.84 bits per heavy atom. The summed E-state index contributed by atoms with van der Waals surface area (Å²) in [5.74, 6) is -0.636. The van der Waals surface area contributed by atoms with Crippen molar-refractivity contribution in [2.45, 2.75) is 20.5 Å². The average Bonchev–Trinajstić information content (AvgIpc) is 2.61. The molecule has 0 saturated carbocycles. The zero-order valence-corrected chi connectivity index (χ0v) is 14.9. The second kappa shape index (κ2) is 9.20. The Kier molecular flexibility index (Phi) is 6.98. The molecule has 0 aliphatic rings. The first kappa shape index (κ1) is 19.0. The third-order valence-corrected chi connectivity index (χ3v) is 3.88. The number of amides is 1. The van der Waals surface area contributed by atoms with Crippen LogP contribution in [0.4, 0.5) is 5.69 Å². The maximum Gasteiger partial charge on any atom is 0.332 e. The van der Waals surface area contributed by atoms with Gasteiger partial charge >= 0.3 is 5.97 Å². The first-order chi connectivity index (χ1) is 12.0. The summed E-state index contributed by atoms with van der Waals surface area (Å²) in [6.07, 6.45) is 0. The van der Waals surface area contributed by atoms with Crippen LogP contribution < -0.4 is 5.32 Å². The van der Waals surface area contributed by atoms with E-state index in [4.69, 9.17) is 21.1 Å². The number of ether oxygens (including phenoxy) is 2. The van der Waals surface area contributed by atoms with E-state index in [1.807, 2.05) is 19.9 Å². The molecule has 0 saturated heterocycles. The molecule has 0 heterocycles. The van der Waals surface area contributed by atoms with Gasteiger partial charge in [-0.15, -0.1) is 0 Å². The highest BCUT2D eigenvalue weighted by molar-refractivity contribution is 6.31. The summed E-state index contributed by atoms with van der Waals surface area (Å²) in [5.41, 5.74) is 2.88. The van der Waals surface area contributed by atoms with Crippen LogP contribution in [0.5, 0.6) is 0 Å². The maximum absolute atomic E-state index is 12.3. The minimum absolute atomic E-state index is 0.0580. The SMILES string of the molecule is CCOCC(=O)OCc1ccc(C(=O)Nc2ccc(Cl)c(C)c2)cc1. The van der Waals surface area contributed by atoms with E-state index < -0.39 is 5.97 Å². The molecule has 5 nitrogen and oxygen atoms in total. The van der Waals surface area contributed by atoms with Crippen molar-refractivity contribution in [3.8, 4) is 0 Å². The number of anilines is 1. The van der Waals surface area contributed by atoms with Crippen molar-refractivity contribution < 1.29 is 19.1 Å². The zero-order valence-electron chi connectivity index (χ0n) is 14.2. The number of nitrogens with one attached hydrogen (secondary N) is 1. The minimum atomic E-state index is -0.415. The Morgan fingerprint density at radius 1 is 1.12 bits per heavy atom. The Labute approximate surface area is 151 Å². The predicted molar refractivity (Wildman–Crippen MR) is 96.9 cm³/mol. The fraction of sp³-hybridized carbons (Fsp3) is 0.263. The van der Waals surface area contributed by atoms with Crippen molar-refractivity contribution in [3.05, 3.63) is 64.2 Å². The lowest BCUT2D eigenvalue weighted by atomic mass is 10.1. The van der Waals surface area contributed by atoms with Gasteiger partial charge in [0.1, 0.15) is 13.2 Å². The van der Waals surface area contributed by atoms with Crippen molar-refractivity contribution in [2.24, 2.45) is 0 Å². The van der Waals surface area contributed by atoms with E-state index in [1.165, 1.54) is 0 Å². The van der Waals surface area contributed by atoms with Crippen molar-refractivity contribution in [1.82, 2.24) is 0 Å². The number of hydrogen-bond donors (Lipinski definition) is 1. The van der Waals surface area contributed by atoms with Gasteiger partial charge in [0.15, 0.2) is 0 Å². The van der Waals surface area contributed by atoms with Crippen LogP contribution in [0.2, 0.25) is 5.02 Å². The first-order valence-electron chi connectivity index (χ1n) is 7.89. The van der Waals surface area contributed by atoms with Gasteiger partial charge in [-0.2, -0.15) is 0 Å². The molecule has 0 aliphatic carbocycles. The van der Waals surface area contributed by atoms with Crippen molar-refractivity contribution in [2.75, 3.05) is 18.5 Å². The fourth-order valence-corrected chi connectivity index (χ4v) is 2.19. The van der Waals surface area contributed by atoms with Crippen molar-refractivity contribution >= 4 is 29.2 Å². The number of carbonyl (C=O) groups is 2. The van der Waals surface area contributed by atoms with Crippen LogP contribution in [0, 0.1) is 6.92 Å². The molecule has 2 aromatic rings. The van der Waals surface area contributed by atoms with Gasteiger partial charge < -0.3 is 14.8 Å². The van der Waals surface area contributed by atoms with E-state index in [0.29, 0.717) is 22.9 Å². The lowest BCUT2D eigenvalue weighted by Crippen LogP contribution is -2.13. The molecular formula is C19H20ClNO4. The van der Waals surface area contributed by atoms with Crippen LogP contribution in [0.25, 0.3) is 0 Å². The lowest BCUT2D eigenvalue weighted by Gasteiger charge is -2.08. The quantitative estimate of drug-likeness (QED) is 0.757. The highest BCUT2D eigenvalue weighted by Crippen LogP contribution is 2.20. The maximum atomic E-state index is 12.3. The number of aryl methyl sites for hydroxylation is 1. The van der Waals surface area contributed by atoms with Crippen LogP contribution in [-0.2, 0) is 20.9 Å². The van der Waals surface area contributed by atoms with Gasteiger partial charge in [0, 0.05) is 22.9 Å². The second-order valence-corrected chi connectivity index (χ2v) is 5.82. The molecule has 0 spiro atoms. The molecule has 0 aliphatic heterocycles. The number of rotatable bonds is 7. The van der Waals surface area contributed by atoms with E-state index in [9.17, 15) is 9.59 Å². The monoisotopic (exact) mass is 361 g/mol. The van der Waals surface area contributed by atoms with Gasteiger partial charge in [-0.1, -0.05) is 23.7 Å². The van der Waals surface area contributed by atoms with Gasteiger partial charge in [0.25, 0.3) is 5.91 Å². The smallest absolute Gasteiger partial charge is 0.332 e. The summed E-state index contributed by atoms with van der Waals surface area (Å²) >= 11 is 5.98. The first-order valence-corrected chi connectivity index (χ1v) is 8.27. The largest absolute Gasteiger partial charge is 0.459 e. The Morgan fingerprint density at radius 3 is 2.48 bits per heavy atom. The summed E-state index contributed by atoms with van der Waals surface area (Å²) in [6, 6.07) is 12.2. The van der Waals surface area contributed by atoms with Gasteiger partial charge in [0.2, 0.25) is 0 Å². The second-order valence-electron chi connectivity index (χ2n) is 5.41. The Bertz CT molecular complexity index is 744. The summed E-state index contributed by atoms with van der Waals surface area (Å²) in [7, 11) is 0. The zero-order chi connectivity index (χ0) is 18.2. The van der Waals surface area contributed by atoms with E-state index in [-0.39, 0.29) is 19.1 Å². The molecule has 0 bridgehead atoms. The summed E-state index contributed by atoms with van der Waals surface area (Å²) in [6.45, 7) is 4.23. The van der Waals surface area contributed by atoms with Crippen molar-refractivity contribution in [3.63, 3.8) is 0 Å². The highest BCUT2D eigenvalue weighted by atomic mass is 35.5. The van der Waals surface area contributed by atoms with E-state index in [1.54, 1.807) is 36.4 Å². The molecule has 0 unspecified atom stereocenters. The van der Waals surface area contributed by atoms with Gasteiger partial charge in [0.05, 0.1) is 0 Å². The molecule has 132 valence electrons. The van der Waals surface area contributed by atoms with Crippen LogP contribution in [0.15, 0.2) is 42.5 Å². The molecule has 0 radical (unpaired) electrons. The molecule has 1 amide bonds. The molecule has 0 aromatic heterocycles.